The summed E-state index contributed by atoms with van der Waals surface area (Å²) in [6, 6.07) is 5.13. The van der Waals surface area contributed by atoms with Crippen molar-refractivity contribution in [3.8, 4) is 0 Å². The summed E-state index contributed by atoms with van der Waals surface area (Å²) in [4.78, 5) is 12.6. The molecule has 104 valence electrons. The fraction of sp³-hybridized carbons (Fsp3) is 0.538. The molecule has 0 radical (unpaired) electrons. The Bertz CT molecular complexity index is 461. The molecule has 5 nitrogen and oxygen atoms in total. The van der Waals surface area contributed by atoms with Gasteiger partial charge in [0.2, 0.25) is 0 Å². The van der Waals surface area contributed by atoms with Crippen LogP contribution < -0.4 is 10.2 Å². The minimum atomic E-state index is -0.420. The highest BCUT2D eigenvalue weighted by Gasteiger charge is 2.24. The number of halogens is 1. The van der Waals surface area contributed by atoms with Gasteiger partial charge in [-0.25, -0.2) is 0 Å². The summed E-state index contributed by atoms with van der Waals surface area (Å²) in [7, 11) is 0. The molecule has 0 amide bonds. The van der Waals surface area contributed by atoms with Gasteiger partial charge in [-0.2, -0.15) is 0 Å². The van der Waals surface area contributed by atoms with Crippen molar-refractivity contribution >= 4 is 23.0 Å². The first kappa shape index (κ1) is 14.1. The van der Waals surface area contributed by atoms with Crippen LogP contribution >= 0.6 is 11.6 Å². The fourth-order valence-electron chi connectivity index (χ4n) is 2.49. The Balaban J connectivity index is 2.28. The number of benzene rings is 1. The summed E-state index contributed by atoms with van der Waals surface area (Å²) in [5, 5.41) is 14.5. The predicted molar refractivity (Wildman–Crippen MR) is 77.0 cm³/mol. The number of nitro groups is 1. The molecule has 1 aliphatic heterocycles. The van der Waals surface area contributed by atoms with Gasteiger partial charge in [0.05, 0.1) is 15.6 Å². The van der Waals surface area contributed by atoms with Gasteiger partial charge >= 0.3 is 0 Å². The van der Waals surface area contributed by atoms with E-state index in [4.69, 9.17) is 11.6 Å². The largest absolute Gasteiger partial charge is 0.366 e. The standard InChI is InChI=1S/C13H18ClN3O2/c1-2-7-16(11-5-6-15-9-11)13-4-3-10(17(18)19)8-12(13)14/h3-4,8,11,15H,2,5-7,9H2,1H3. The molecule has 1 aromatic carbocycles. The number of nitrogens with one attached hydrogen (secondary N) is 1. The molecule has 1 saturated heterocycles. The highest BCUT2D eigenvalue weighted by Crippen LogP contribution is 2.32. The molecule has 0 aliphatic carbocycles. The van der Waals surface area contributed by atoms with Crippen LogP contribution in [0.4, 0.5) is 11.4 Å². The van der Waals surface area contributed by atoms with Gasteiger partial charge in [0.25, 0.3) is 5.69 Å². The second kappa shape index (κ2) is 6.21. The second-order valence-corrected chi connectivity index (χ2v) is 5.14. The number of non-ortho nitro benzene ring substituents is 1. The minimum absolute atomic E-state index is 0.0368. The molecule has 1 unspecified atom stereocenters. The monoisotopic (exact) mass is 283 g/mol. The number of rotatable bonds is 5. The maximum Gasteiger partial charge on any atom is 0.271 e. The van der Waals surface area contributed by atoms with Crippen molar-refractivity contribution < 1.29 is 4.92 Å². The highest BCUT2D eigenvalue weighted by atomic mass is 35.5. The van der Waals surface area contributed by atoms with E-state index >= 15 is 0 Å². The smallest absolute Gasteiger partial charge is 0.271 e. The maximum absolute atomic E-state index is 10.7. The average molecular weight is 284 g/mol. The summed E-state index contributed by atoms with van der Waals surface area (Å²) in [5.74, 6) is 0. The van der Waals surface area contributed by atoms with Crippen LogP contribution in [0.1, 0.15) is 19.8 Å². The minimum Gasteiger partial charge on any atom is -0.366 e. The lowest BCUT2D eigenvalue weighted by molar-refractivity contribution is -0.384. The zero-order valence-electron chi connectivity index (χ0n) is 10.9. The topological polar surface area (TPSA) is 58.4 Å². The Kier molecular flexibility index (Phi) is 4.61. The molecule has 0 saturated carbocycles. The number of hydrogen-bond acceptors (Lipinski definition) is 4. The van der Waals surface area contributed by atoms with Crippen molar-refractivity contribution in [1.82, 2.24) is 5.32 Å². The third-order valence-corrected chi connectivity index (χ3v) is 3.69. The predicted octanol–water partition coefficient (Wildman–Crippen LogP) is 2.83. The SMILES string of the molecule is CCCN(c1ccc([N+](=O)[O-])cc1Cl)C1CCNC1. The second-order valence-electron chi connectivity index (χ2n) is 4.73. The van der Waals surface area contributed by atoms with Crippen molar-refractivity contribution in [3.63, 3.8) is 0 Å². The van der Waals surface area contributed by atoms with E-state index in [2.05, 4.69) is 17.1 Å². The van der Waals surface area contributed by atoms with Crippen LogP contribution in [0.5, 0.6) is 0 Å². The van der Waals surface area contributed by atoms with E-state index in [1.165, 1.54) is 12.1 Å². The van der Waals surface area contributed by atoms with Crippen molar-refractivity contribution in [2.45, 2.75) is 25.8 Å². The van der Waals surface area contributed by atoms with Gasteiger partial charge in [-0.3, -0.25) is 10.1 Å². The summed E-state index contributed by atoms with van der Waals surface area (Å²) < 4.78 is 0. The summed E-state index contributed by atoms with van der Waals surface area (Å²) in [6.07, 6.45) is 2.09. The lowest BCUT2D eigenvalue weighted by Gasteiger charge is -2.31. The molecule has 0 spiro atoms. The molecular weight excluding hydrogens is 266 g/mol. The molecule has 19 heavy (non-hydrogen) atoms. The van der Waals surface area contributed by atoms with Gasteiger partial charge in [0.15, 0.2) is 0 Å². The zero-order chi connectivity index (χ0) is 13.8. The van der Waals surface area contributed by atoms with Crippen LogP contribution in [-0.4, -0.2) is 30.6 Å². The van der Waals surface area contributed by atoms with Gasteiger partial charge in [-0.05, 0) is 25.5 Å². The van der Waals surface area contributed by atoms with Gasteiger partial charge in [0.1, 0.15) is 0 Å². The van der Waals surface area contributed by atoms with Crippen LogP contribution in [0.3, 0.4) is 0 Å². The fourth-order valence-corrected chi connectivity index (χ4v) is 2.77. The van der Waals surface area contributed by atoms with E-state index < -0.39 is 4.92 Å². The summed E-state index contributed by atoms with van der Waals surface area (Å²) in [6.45, 7) is 4.97. The van der Waals surface area contributed by atoms with Crippen LogP contribution in [0.2, 0.25) is 5.02 Å². The molecule has 1 atom stereocenters. The Morgan fingerprint density at radius 3 is 2.89 bits per heavy atom. The van der Waals surface area contributed by atoms with Gasteiger partial charge < -0.3 is 10.2 Å². The molecule has 2 rings (SSSR count). The van der Waals surface area contributed by atoms with E-state index in [0.717, 1.165) is 38.2 Å². The molecule has 1 aliphatic rings. The van der Waals surface area contributed by atoms with Gasteiger partial charge in [-0.15, -0.1) is 0 Å². The molecule has 6 heteroatoms. The molecular formula is C13H18ClN3O2. The van der Waals surface area contributed by atoms with Crippen molar-refractivity contribution in [3.05, 3.63) is 33.3 Å². The Morgan fingerprint density at radius 1 is 1.58 bits per heavy atom. The lowest BCUT2D eigenvalue weighted by atomic mass is 10.1. The van der Waals surface area contributed by atoms with Crippen molar-refractivity contribution in [1.29, 1.82) is 0 Å². The van der Waals surface area contributed by atoms with Crippen LogP contribution in [-0.2, 0) is 0 Å². The first-order valence-electron chi connectivity index (χ1n) is 6.54. The van der Waals surface area contributed by atoms with Crippen LogP contribution in [0, 0.1) is 10.1 Å². The van der Waals surface area contributed by atoms with Crippen LogP contribution in [0.25, 0.3) is 0 Å². The van der Waals surface area contributed by atoms with Crippen LogP contribution in [0.15, 0.2) is 18.2 Å². The normalized spacial score (nSPS) is 18.5. The molecule has 1 N–H and O–H groups in total. The summed E-state index contributed by atoms with van der Waals surface area (Å²) in [5.41, 5.74) is 0.928. The number of nitro benzene ring substituents is 1. The average Bonchev–Trinajstić information content (AvgIpc) is 2.90. The molecule has 1 aromatic rings. The number of nitrogens with zero attached hydrogens (tertiary/aromatic N) is 2. The number of hydrogen-bond donors (Lipinski definition) is 1. The van der Waals surface area contributed by atoms with E-state index in [9.17, 15) is 10.1 Å². The first-order chi connectivity index (χ1) is 9.13. The van der Waals surface area contributed by atoms with E-state index in [-0.39, 0.29) is 5.69 Å². The van der Waals surface area contributed by atoms with Gasteiger partial charge in [-0.1, -0.05) is 18.5 Å². The molecule has 0 aromatic heterocycles. The third-order valence-electron chi connectivity index (χ3n) is 3.39. The van der Waals surface area contributed by atoms with E-state index in [1.54, 1.807) is 6.07 Å². The van der Waals surface area contributed by atoms with E-state index in [0.29, 0.717) is 11.1 Å². The van der Waals surface area contributed by atoms with Crippen molar-refractivity contribution in [2.24, 2.45) is 0 Å². The first-order valence-corrected chi connectivity index (χ1v) is 6.92. The Hall–Kier alpha value is -1.33. The third kappa shape index (κ3) is 3.16. The molecule has 0 bridgehead atoms. The molecule has 1 fully saturated rings. The quantitative estimate of drug-likeness (QED) is 0.667. The maximum atomic E-state index is 10.7. The van der Waals surface area contributed by atoms with Crippen molar-refractivity contribution in [2.75, 3.05) is 24.5 Å². The Morgan fingerprint density at radius 2 is 2.37 bits per heavy atom. The lowest BCUT2D eigenvalue weighted by Crippen LogP contribution is -2.37. The Labute approximate surface area is 117 Å². The summed E-state index contributed by atoms with van der Waals surface area (Å²) >= 11 is 6.22. The zero-order valence-corrected chi connectivity index (χ0v) is 11.7. The number of anilines is 1. The van der Waals surface area contributed by atoms with E-state index in [1.807, 2.05) is 0 Å². The van der Waals surface area contributed by atoms with Gasteiger partial charge in [0, 0.05) is 31.3 Å². The highest BCUT2D eigenvalue weighted by molar-refractivity contribution is 6.33. The molecule has 1 heterocycles.